The summed E-state index contributed by atoms with van der Waals surface area (Å²) in [6, 6.07) is 11.7. The van der Waals surface area contributed by atoms with Crippen molar-refractivity contribution in [1.29, 1.82) is 0 Å². The second-order valence-corrected chi connectivity index (χ2v) is 7.10. The minimum Gasteiger partial charge on any atom is -0.379 e. The molecule has 0 aliphatic rings. The minimum atomic E-state index is -0.0661. The number of hydrogen-bond donors (Lipinski definition) is 2. The van der Waals surface area contributed by atoms with E-state index in [-0.39, 0.29) is 5.91 Å². The predicted octanol–water partition coefficient (Wildman–Crippen LogP) is 5.54. The van der Waals surface area contributed by atoms with Crippen LogP contribution < -0.4 is 10.6 Å². The van der Waals surface area contributed by atoms with Gasteiger partial charge in [-0.2, -0.15) is 0 Å². The van der Waals surface area contributed by atoms with E-state index >= 15 is 0 Å². The lowest BCUT2D eigenvalue weighted by molar-refractivity contribution is -0.114. The topological polar surface area (TPSA) is 41.1 Å². The first-order valence-electron chi connectivity index (χ1n) is 6.20. The molecule has 0 spiro atoms. The summed E-state index contributed by atoms with van der Waals surface area (Å²) in [6.07, 6.45) is 0. The summed E-state index contributed by atoms with van der Waals surface area (Å²) >= 11 is 10.5. The quantitative estimate of drug-likeness (QED) is 0.608. The van der Waals surface area contributed by atoms with E-state index in [4.69, 9.17) is 0 Å². The Kier molecular flexibility index (Phi) is 5.84. The fourth-order valence-electron chi connectivity index (χ4n) is 1.81. The molecule has 2 rings (SSSR count). The third kappa shape index (κ3) is 4.83. The van der Waals surface area contributed by atoms with Gasteiger partial charge in [0.15, 0.2) is 0 Å². The lowest BCUT2D eigenvalue weighted by Crippen LogP contribution is -2.06. The van der Waals surface area contributed by atoms with E-state index in [9.17, 15) is 4.79 Å². The van der Waals surface area contributed by atoms with Gasteiger partial charge in [-0.1, -0.05) is 28.1 Å². The molecule has 0 atom stereocenters. The number of carbonyl (C=O) groups excluding carboxylic acids is 1. The molecule has 1 amide bonds. The van der Waals surface area contributed by atoms with Gasteiger partial charge in [-0.3, -0.25) is 4.79 Å². The third-order valence-corrected chi connectivity index (χ3v) is 4.46. The third-order valence-electron chi connectivity index (χ3n) is 2.75. The number of carbonyl (C=O) groups is 1. The average Bonchev–Trinajstić information content (AvgIpc) is 2.38. The Labute approximate surface area is 148 Å². The zero-order valence-electron chi connectivity index (χ0n) is 11.2. The molecule has 2 aromatic carbocycles. The summed E-state index contributed by atoms with van der Waals surface area (Å²) in [6.45, 7) is 2.19. The number of anilines is 2. The lowest BCUT2D eigenvalue weighted by atomic mass is 10.2. The molecule has 0 heterocycles. The summed E-state index contributed by atoms with van der Waals surface area (Å²) < 4.78 is 2.98. The Balaban J connectivity index is 2.05. The van der Waals surface area contributed by atoms with Crippen LogP contribution in [0.3, 0.4) is 0 Å². The van der Waals surface area contributed by atoms with Gasteiger partial charge in [0.25, 0.3) is 0 Å². The second kappa shape index (κ2) is 7.42. The molecule has 0 fully saturated rings. The van der Waals surface area contributed by atoms with Crippen LogP contribution in [0.25, 0.3) is 0 Å². The van der Waals surface area contributed by atoms with Crippen LogP contribution in [-0.2, 0) is 11.3 Å². The molecule has 0 unspecified atom stereocenters. The van der Waals surface area contributed by atoms with Crippen molar-refractivity contribution in [2.75, 3.05) is 10.6 Å². The Hall–Kier alpha value is -0.850. The molecule has 2 aromatic rings. The van der Waals surface area contributed by atoms with Crippen molar-refractivity contribution in [3.05, 3.63) is 55.4 Å². The van der Waals surface area contributed by atoms with Crippen LogP contribution in [0.15, 0.2) is 49.8 Å². The molecular weight excluding hydrogens is 464 g/mol. The van der Waals surface area contributed by atoms with Crippen molar-refractivity contribution in [2.45, 2.75) is 13.5 Å². The molecule has 21 heavy (non-hydrogen) atoms. The summed E-state index contributed by atoms with van der Waals surface area (Å²) in [5, 5.41) is 6.13. The molecule has 2 N–H and O–H groups in total. The van der Waals surface area contributed by atoms with Crippen LogP contribution in [0.4, 0.5) is 11.4 Å². The zero-order chi connectivity index (χ0) is 15.4. The van der Waals surface area contributed by atoms with Crippen molar-refractivity contribution in [2.24, 2.45) is 0 Å². The second-order valence-electron chi connectivity index (χ2n) is 4.48. The van der Waals surface area contributed by atoms with Crippen LogP contribution in [0.5, 0.6) is 0 Å². The number of amides is 1. The molecule has 0 saturated carbocycles. The first-order valence-corrected chi connectivity index (χ1v) is 8.58. The molecule has 0 aliphatic heterocycles. The van der Waals surface area contributed by atoms with E-state index in [2.05, 4.69) is 58.4 Å². The smallest absolute Gasteiger partial charge is 0.221 e. The van der Waals surface area contributed by atoms with E-state index in [1.165, 1.54) is 6.92 Å². The van der Waals surface area contributed by atoms with Gasteiger partial charge in [0.1, 0.15) is 0 Å². The van der Waals surface area contributed by atoms with Crippen molar-refractivity contribution >= 4 is 65.1 Å². The van der Waals surface area contributed by atoms with Gasteiger partial charge in [0, 0.05) is 32.6 Å². The summed E-state index contributed by atoms with van der Waals surface area (Å²) in [4.78, 5) is 11.0. The SMILES string of the molecule is CC(=O)Nc1ccc(CNc2c(Br)cc(Br)cc2Br)cc1. The summed E-state index contributed by atoms with van der Waals surface area (Å²) in [5.41, 5.74) is 2.94. The van der Waals surface area contributed by atoms with Gasteiger partial charge in [-0.15, -0.1) is 0 Å². The standard InChI is InChI=1S/C15H13Br3N2O/c1-9(21)20-12-4-2-10(3-5-12)8-19-15-13(17)6-11(16)7-14(15)18/h2-7,19H,8H2,1H3,(H,20,21). The highest BCUT2D eigenvalue weighted by Gasteiger charge is 2.06. The van der Waals surface area contributed by atoms with Gasteiger partial charge in [0.05, 0.1) is 5.69 Å². The number of nitrogens with one attached hydrogen (secondary N) is 2. The Morgan fingerprint density at radius 1 is 1.05 bits per heavy atom. The number of rotatable bonds is 4. The summed E-state index contributed by atoms with van der Waals surface area (Å²) in [5.74, 6) is -0.0661. The van der Waals surface area contributed by atoms with E-state index in [0.717, 1.165) is 30.4 Å². The van der Waals surface area contributed by atoms with Crippen molar-refractivity contribution < 1.29 is 4.79 Å². The van der Waals surface area contributed by atoms with Gasteiger partial charge in [-0.25, -0.2) is 0 Å². The maximum atomic E-state index is 11.0. The Morgan fingerprint density at radius 3 is 2.14 bits per heavy atom. The van der Waals surface area contributed by atoms with Crippen LogP contribution in [-0.4, -0.2) is 5.91 Å². The molecule has 110 valence electrons. The molecule has 0 aromatic heterocycles. The normalized spacial score (nSPS) is 10.3. The van der Waals surface area contributed by atoms with E-state index in [1.54, 1.807) is 0 Å². The number of hydrogen-bond acceptors (Lipinski definition) is 2. The van der Waals surface area contributed by atoms with E-state index in [1.807, 2.05) is 36.4 Å². The molecule has 6 heteroatoms. The van der Waals surface area contributed by atoms with Gasteiger partial charge >= 0.3 is 0 Å². The zero-order valence-corrected chi connectivity index (χ0v) is 16.0. The highest BCUT2D eigenvalue weighted by Crippen LogP contribution is 2.34. The maximum absolute atomic E-state index is 11.0. The largest absolute Gasteiger partial charge is 0.379 e. The van der Waals surface area contributed by atoms with Gasteiger partial charge < -0.3 is 10.6 Å². The fourth-order valence-corrected chi connectivity index (χ4v) is 4.35. The van der Waals surface area contributed by atoms with Gasteiger partial charge in [0.2, 0.25) is 5.91 Å². The monoisotopic (exact) mass is 474 g/mol. The van der Waals surface area contributed by atoms with Crippen molar-refractivity contribution in [3.63, 3.8) is 0 Å². The number of benzene rings is 2. The van der Waals surface area contributed by atoms with E-state index < -0.39 is 0 Å². The summed E-state index contributed by atoms with van der Waals surface area (Å²) in [7, 11) is 0. The lowest BCUT2D eigenvalue weighted by Gasteiger charge is -2.12. The highest BCUT2D eigenvalue weighted by atomic mass is 79.9. The predicted molar refractivity (Wildman–Crippen MR) is 97.6 cm³/mol. The fraction of sp³-hybridized carbons (Fsp3) is 0.133. The Morgan fingerprint density at radius 2 is 1.62 bits per heavy atom. The highest BCUT2D eigenvalue weighted by molar-refractivity contribution is 9.11. The van der Waals surface area contributed by atoms with Crippen LogP contribution in [0, 0.1) is 0 Å². The minimum absolute atomic E-state index is 0.0661. The van der Waals surface area contributed by atoms with Crippen molar-refractivity contribution in [1.82, 2.24) is 0 Å². The Bertz CT molecular complexity index is 633. The molecular formula is C15H13Br3N2O. The molecule has 0 aliphatic carbocycles. The average molecular weight is 477 g/mol. The first-order chi connectivity index (χ1) is 9.95. The van der Waals surface area contributed by atoms with E-state index in [0.29, 0.717) is 6.54 Å². The van der Waals surface area contributed by atoms with Crippen LogP contribution in [0.1, 0.15) is 12.5 Å². The molecule has 3 nitrogen and oxygen atoms in total. The molecule has 0 radical (unpaired) electrons. The molecule has 0 saturated heterocycles. The maximum Gasteiger partial charge on any atom is 0.221 e. The first kappa shape index (κ1) is 16.5. The van der Waals surface area contributed by atoms with Crippen molar-refractivity contribution in [3.8, 4) is 0 Å². The van der Waals surface area contributed by atoms with Crippen LogP contribution >= 0.6 is 47.8 Å². The van der Waals surface area contributed by atoms with Gasteiger partial charge in [-0.05, 0) is 61.7 Å². The van der Waals surface area contributed by atoms with Crippen LogP contribution in [0.2, 0.25) is 0 Å². The number of halogens is 3. The molecule has 0 bridgehead atoms.